The van der Waals surface area contributed by atoms with E-state index in [0.717, 1.165) is 11.3 Å². The minimum atomic E-state index is -0.300. The van der Waals surface area contributed by atoms with E-state index in [1.165, 1.54) is 0 Å². The second-order valence-electron chi connectivity index (χ2n) is 7.14. The standard InChI is InChI=1S/C25H27N3O4/c1-5-31-23-9-7-6-8-20(23)11-10-19-14-21(16-22(15-19)32-18(2)17-30-4)25(29)26-24-12-13-28(3)27-24/h6-9,12-16,18H,5,17H2,1-4H3,(H,26,27,29)/t18-/m0/s1. The van der Waals surface area contributed by atoms with Gasteiger partial charge in [0, 0.05) is 37.5 Å². The van der Waals surface area contributed by atoms with E-state index in [0.29, 0.717) is 35.9 Å². The lowest BCUT2D eigenvalue weighted by molar-refractivity contribution is 0.0917. The SMILES string of the molecule is CCOc1ccccc1C#Cc1cc(O[C@@H](C)COC)cc(C(=O)Nc2ccn(C)n2)c1. The molecule has 0 saturated carbocycles. The fraction of sp³-hybridized carbons (Fsp3) is 0.280. The molecule has 1 heterocycles. The number of para-hydroxylation sites is 1. The van der Waals surface area contributed by atoms with Gasteiger partial charge in [0.2, 0.25) is 0 Å². The molecule has 0 spiro atoms. The summed E-state index contributed by atoms with van der Waals surface area (Å²) in [4.78, 5) is 12.8. The van der Waals surface area contributed by atoms with Crippen molar-refractivity contribution in [3.05, 3.63) is 71.4 Å². The molecule has 0 aliphatic carbocycles. The molecule has 166 valence electrons. The molecule has 3 rings (SSSR count). The van der Waals surface area contributed by atoms with Crippen molar-refractivity contribution in [1.29, 1.82) is 0 Å². The number of carbonyl (C=O) groups is 1. The molecule has 1 N–H and O–H groups in total. The molecule has 1 aromatic heterocycles. The molecule has 7 nitrogen and oxygen atoms in total. The number of hydrogen-bond donors (Lipinski definition) is 1. The van der Waals surface area contributed by atoms with Crippen molar-refractivity contribution in [2.75, 3.05) is 25.6 Å². The smallest absolute Gasteiger partial charge is 0.257 e. The highest BCUT2D eigenvalue weighted by atomic mass is 16.5. The van der Waals surface area contributed by atoms with Crippen LogP contribution in [0, 0.1) is 11.8 Å². The highest BCUT2D eigenvalue weighted by Gasteiger charge is 2.13. The Morgan fingerprint density at radius 3 is 2.72 bits per heavy atom. The fourth-order valence-electron chi connectivity index (χ4n) is 3.03. The van der Waals surface area contributed by atoms with E-state index in [1.54, 1.807) is 49.3 Å². The zero-order valence-corrected chi connectivity index (χ0v) is 18.7. The van der Waals surface area contributed by atoms with Crippen LogP contribution >= 0.6 is 0 Å². The van der Waals surface area contributed by atoms with Crippen molar-refractivity contribution >= 4 is 11.7 Å². The number of amides is 1. The molecule has 32 heavy (non-hydrogen) atoms. The summed E-state index contributed by atoms with van der Waals surface area (Å²) in [6.45, 7) is 4.80. The van der Waals surface area contributed by atoms with Crippen LogP contribution in [-0.4, -0.2) is 42.1 Å². The van der Waals surface area contributed by atoms with Gasteiger partial charge in [-0.25, -0.2) is 0 Å². The number of nitrogens with one attached hydrogen (secondary N) is 1. The van der Waals surface area contributed by atoms with Gasteiger partial charge in [0.25, 0.3) is 5.91 Å². The largest absolute Gasteiger partial charge is 0.493 e. The first-order valence-corrected chi connectivity index (χ1v) is 10.3. The third kappa shape index (κ3) is 6.37. The number of anilines is 1. The maximum Gasteiger partial charge on any atom is 0.257 e. The molecule has 1 amide bonds. The summed E-state index contributed by atoms with van der Waals surface area (Å²) in [7, 11) is 3.40. The van der Waals surface area contributed by atoms with E-state index in [-0.39, 0.29) is 12.0 Å². The van der Waals surface area contributed by atoms with E-state index >= 15 is 0 Å². The van der Waals surface area contributed by atoms with Gasteiger partial charge in [-0.1, -0.05) is 24.0 Å². The average molecular weight is 434 g/mol. The molecule has 0 aliphatic heterocycles. The van der Waals surface area contributed by atoms with E-state index in [9.17, 15) is 4.79 Å². The Morgan fingerprint density at radius 1 is 1.19 bits per heavy atom. The van der Waals surface area contributed by atoms with Crippen LogP contribution in [0.1, 0.15) is 35.3 Å². The zero-order chi connectivity index (χ0) is 22.9. The van der Waals surface area contributed by atoms with E-state index < -0.39 is 0 Å². The van der Waals surface area contributed by atoms with Crippen molar-refractivity contribution in [3.8, 4) is 23.3 Å². The molecule has 3 aromatic rings. The van der Waals surface area contributed by atoms with Crippen LogP contribution < -0.4 is 14.8 Å². The minimum absolute atomic E-state index is 0.186. The van der Waals surface area contributed by atoms with Gasteiger partial charge in [-0.15, -0.1) is 0 Å². The maximum atomic E-state index is 12.8. The highest BCUT2D eigenvalue weighted by Crippen LogP contribution is 2.21. The Hall–Kier alpha value is -3.76. The van der Waals surface area contributed by atoms with Crippen molar-refractivity contribution < 1.29 is 19.0 Å². The van der Waals surface area contributed by atoms with Crippen LogP contribution in [0.2, 0.25) is 0 Å². The molecule has 0 bridgehead atoms. The van der Waals surface area contributed by atoms with Gasteiger partial charge in [-0.2, -0.15) is 5.10 Å². The molecule has 0 unspecified atom stereocenters. The third-order valence-corrected chi connectivity index (χ3v) is 4.39. The first-order valence-electron chi connectivity index (χ1n) is 10.3. The summed E-state index contributed by atoms with van der Waals surface area (Å²) in [6, 6.07) is 14.5. The Kier molecular flexibility index (Phi) is 7.90. The third-order valence-electron chi connectivity index (χ3n) is 4.39. The van der Waals surface area contributed by atoms with Gasteiger partial charge >= 0.3 is 0 Å². The summed E-state index contributed by atoms with van der Waals surface area (Å²) in [6.07, 6.45) is 1.57. The van der Waals surface area contributed by atoms with Gasteiger partial charge in [-0.05, 0) is 44.2 Å². The maximum absolute atomic E-state index is 12.8. The molecule has 0 fully saturated rings. The zero-order valence-electron chi connectivity index (χ0n) is 18.7. The van der Waals surface area contributed by atoms with Crippen molar-refractivity contribution in [2.24, 2.45) is 7.05 Å². The first kappa shape index (κ1) is 22.9. The molecular formula is C25H27N3O4. The Bertz CT molecular complexity index is 1130. The van der Waals surface area contributed by atoms with Gasteiger partial charge in [-0.3, -0.25) is 9.48 Å². The summed E-state index contributed by atoms with van der Waals surface area (Å²) in [5.74, 6) is 7.68. The molecular weight excluding hydrogens is 406 g/mol. The predicted octanol–water partition coefficient (Wildman–Crippen LogP) is 3.88. The topological polar surface area (TPSA) is 74.6 Å². The van der Waals surface area contributed by atoms with E-state index in [1.807, 2.05) is 38.1 Å². The summed E-state index contributed by atoms with van der Waals surface area (Å²) in [5, 5.41) is 6.98. The second-order valence-corrected chi connectivity index (χ2v) is 7.14. The number of benzene rings is 2. The molecule has 2 aromatic carbocycles. The number of carbonyl (C=O) groups excluding carboxylic acids is 1. The van der Waals surface area contributed by atoms with Gasteiger partial charge < -0.3 is 19.5 Å². The summed E-state index contributed by atoms with van der Waals surface area (Å²) in [5.41, 5.74) is 1.83. The van der Waals surface area contributed by atoms with Gasteiger partial charge in [0.1, 0.15) is 17.6 Å². The Balaban J connectivity index is 1.93. The molecule has 0 saturated heterocycles. The number of aromatic nitrogens is 2. The van der Waals surface area contributed by atoms with Crippen LogP contribution in [-0.2, 0) is 11.8 Å². The lowest BCUT2D eigenvalue weighted by atomic mass is 10.1. The molecule has 0 radical (unpaired) electrons. The average Bonchev–Trinajstić information content (AvgIpc) is 3.18. The van der Waals surface area contributed by atoms with Crippen molar-refractivity contribution in [3.63, 3.8) is 0 Å². The quantitative estimate of drug-likeness (QED) is 0.546. The normalized spacial score (nSPS) is 11.2. The monoisotopic (exact) mass is 433 g/mol. The van der Waals surface area contributed by atoms with Crippen LogP contribution in [0.4, 0.5) is 5.82 Å². The van der Waals surface area contributed by atoms with Crippen LogP contribution in [0.5, 0.6) is 11.5 Å². The number of nitrogens with zero attached hydrogens (tertiary/aromatic N) is 2. The van der Waals surface area contributed by atoms with Crippen LogP contribution in [0.15, 0.2) is 54.7 Å². The van der Waals surface area contributed by atoms with Gasteiger partial charge in [0.15, 0.2) is 5.82 Å². The molecule has 1 atom stereocenters. The van der Waals surface area contributed by atoms with Crippen molar-refractivity contribution in [2.45, 2.75) is 20.0 Å². The molecule has 7 heteroatoms. The number of aryl methyl sites for hydroxylation is 1. The van der Waals surface area contributed by atoms with E-state index in [2.05, 4.69) is 22.3 Å². The number of ether oxygens (including phenoxy) is 3. The number of hydrogen-bond acceptors (Lipinski definition) is 5. The van der Waals surface area contributed by atoms with Crippen LogP contribution in [0.25, 0.3) is 0 Å². The number of methoxy groups -OCH3 is 1. The lowest BCUT2D eigenvalue weighted by Gasteiger charge is -2.15. The van der Waals surface area contributed by atoms with Gasteiger partial charge in [0.05, 0.1) is 18.8 Å². The lowest BCUT2D eigenvalue weighted by Crippen LogP contribution is -2.19. The first-order chi connectivity index (χ1) is 15.5. The number of rotatable bonds is 8. The molecule has 0 aliphatic rings. The Morgan fingerprint density at radius 2 is 2.00 bits per heavy atom. The predicted molar refractivity (Wildman–Crippen MR) is 123 cm³/mol. The second kappa shape index (κ2) is 11.0. The van der Waals surface area contributed by atoms with Crippen molar-refractivity contribution in [1.82, 2.24) is 9.78 Å². The van der Waals surface area contributed by atoms with E-state index in [4.69, 9.17) is 14.2 Å². The van der Waals surface area contributed by atoms with Crippen LogP contribution in [0.3, 0.4) is 0 Å². The minimum Gasteiger partial charge on any atom is -0.493 e. The fourth-order valence-corrected chi connectivity index (χ4v) is 3.03. The Labute approximate surface area is 188 Å². The summed E-state index contributed by atoms with van der Waals surface area (Å²) < 4.78 is 18.4. The summed E-state index contributed by atoms with van der Waals surface area (Å²) >= 11 is 0. The highest BCUT2D eigenvalue weighted by molar-refractivity contribution is 6.04.